The van der Waals surface area contributed by atoms with Crippen LogP contribution in [0.2, 0.25) is 0 Å². The van der Waals surface area contributed by atoms with Gasteiger partial charge in [0.25, 0.3) is 0 Å². The molecule has 0 bridgehead atoms. The molecule has 268 valence electrons. The first-order valence-corrected chi connectivity index (χ1v) is 13.0. The molecule has 0 unspecified atom stereocenters. The van der Waals surface area contributed by atoms with Crippen molar-refractivity contribution in [3.05, 3.63) is 29.3 Å². The maximum absolute atomic E-state index is 14.1. The number of unbranched alkanes of at least 4 members (excludes halogenated alkanes) is 3. The van der Waals surface area contributed by atoms with E-state index < -0.39 is 79.6 Å². The van der Waals surface area contributed by atoms with Gasteiger partial charge in [0.15, 0.2) is 0 Å². The first kappa shape index (κ1) is 41.3. The fourth-order valence-electron chi connectivity index (χ4n) is 3.76. The van der Waals surface area contributed by atoms with Crippen LogP contribution in [0.4, 0.5) is 79.4 Å². The number of benzene rings is 1. The molecule has 1 aromatic rings. The van der Waals surface area contributed by atoms with Gasteiger partial charge in [0.2, 0.25) is 0 Å². The third-order valence-electron chi connectivity index (χ3n) is 6.54. The van der Waals surface area contributed by atoms with E-state index in [1.165, 1.54) is 0 Å². The lowest BCUT2D eigenvalue weighted by Crippen LogP contribution is -2.74. The fourth-order valence-corrected chi connectivity index (χ4v) is 3.76. The van der Waals surface area contributed by atoms with Crippen molar-refractivity contribution in [2.45, 2.75) is 106 Å². The highest BCUT2D eigenvalue weighted by molar-refractivity contribution is 5.70. The Morgan fingerprint density at radius 2 is 1.20 bits per heavy atom. The quantitative estimate of drug-likeness (QED) is 0.125. The van der Waals surface area contributed by atoms with Crippen LogP contribution in [0.1, 0.15) is 56.6 Å². The van der Waals surface area contributed by atoms with Crippen LogP contribution in [0.5, 0.6) is 5.75 Å². The molecule has 2 N–H and O–H groups in total. The Labute approximate surface area is 249 Å². The van der Waals surface area contributed by atoms with Crippen LogP contribution in [0.15, 0.2) is 18.2 Å². The predicted molar refractivity (Wildman–Crippen MR) is 124 cm³/mol. The van der Waals surface area contributed by atoms with Gasteiger partial charge >= 0.3 is 53.7 Å². The Bertz CT molecular complexity index is 1170. The van der Waals surface area contributed by atoms with Crippen molar-refractivity contribution < 1.29 is 89.3 Å². The Balaban J connectivity index is 3.12. The zero-order valence-electron chi connectivity index (χ0n) is 23.3. The van der Waals surface area contributed by atoms with Crippen molar-refractivity contribution in [3.8, 4) is 5.75 Å². The Morgan fingerprint density at radius 1 is 0.696 bits per heavy atom. The molecular formula is C25H26F17NO3. The third-order valence-corrected chi connectivity index (χ3v) is 6.54. The van der Waals surface area contributed by atoms with Crippen LogP contribution in [0.25, 0.3) is 0 Å². The van der Waals surface area contributed by atoms with Crippen molar-refractivity contribution in [2.24, 2.45) is 0 Å². The fraction of sp³-hybridized carbons (Fsp3) is 0.720. The summed E-state index contributed by atoms with van der Waals surface area (Å²) in [5.74, 6) is -56.8. The SMILES string of the molecule is CCCCCCNC(=O)Oc1ccc(CCCC(F)(F)C(F)(F)C(F)(F)C(F)(F)C(F)(F)C(F)(F)C(F)(F)C(F)(F)F)cc1CO. The van der Waals surface area contributed by atoms with Gasteiger partial charge in [-0.1, -0.05) is 32.3 Å². The van der Waals surface area contributed by atoms with Crippen molar-refractivity contribution in [2.75, 3.05) is 6.54 Å². The number of aryl methyl sites for hydroxylation is 1. The summed E-state index contributed by atoms with van der Waals surface area (Å²) in [5.41, 5.74) is -0.353. The molecule has 4 nitrogen and oxygen atoms in total. The van der Waals surface area contributed by atoms with Gasteiger partial charge in [-0.3, -0.25) is 0 Å². The van der Waals surface area contributed by atoms with Gasteiger partial charge in [0.05, 0.1) is 6.61 Å². The highest BCUT2D eigenvalue weighted by atomic mass is 19.4. The van der Waals surface area contributed by atoms with Crippen molar-refractivity contribution >= 4 is 6.09 Å². The molecule has 0 atom stereocenters. The summed E-state index contributed by atoms with van der Waals surface area (Å²) in [6.45, 7) is 1.30. The standard InChI is InChI=1S/C25H26F17NO3/c1-2-3-4-5-11-43-17(45)46-16-9-8-14(12-15(16)13-44)7-6-10-18(26,27)19(28,29)20(30,31)21(32,33)22(34,35)23(36,37)24(38,39)25(40,41)42/h8-9,12,44H,2-7,10-11,13H2,1H3,(H,43,45). The second-order valence-electron chi connectivity index (χ2n) is 9.98. The number of amides is 1. The number of ether oxygens (including phenoxy) is 1. The second-order valence-corrected chi connectivity index (χ2v) is 9.98. The number of carbonyl (C=O) groups is 1. The Morgan fingerprint density at radius 3 is 1.67 bits per heavy atom. The minimum atomic E-state index is -8.67. The van der Waals surface area contributed by atoms with E-state index in [-0.39, 0.29) is 23.4 Å². The summed E-state index contributed by atoms with van der Waals surface area (Å²) in [4.78, 5) is 11.9. The monoisotopic (exact) mass is 711 g/mol. The van der Waals surface area contributed by atoms with Gasteiger partial charge in [0, 0.05) is 18.5 Å². The number of halogens is 17. The van der Waals surface area contributed by atoms with E-state index in [2.05, 4.69) is 5.32 Å². The van der Waals surface area contributed by atoms with Gasteiger partial charge in [-0.2, -0.15) is 74.6 Å². The summed E-state index contributed by atoms with van der Waals surface area (Å²) in [5, 5.41) is 11.9. The number of hydrogen-bond acceptors (Lipinski definition) is 3. The zero-order valence-corrected chi connectivity index (χ0v) is 23.3. The molecule has 0 aliphatic heterocycles. The number of aliphatic hydroxyl groups excluding tert-OH is 1. The van der Waals surface area contributed by atoms with Crippen LogP contribution < -0.4 is 10.1 Å². The molecular weight excluding hydrogens is 685 g/mol. The van der Waals surface area contributed by atoms with Gasteiger partial charge in [-0.25, -0.2) is 4.79 Å². The third kappa shape index (κ3) is 7.69. The molecule has 0 fully saturated rings. The maximum atomic E-state index is 14.1. The Hall–Kier alpha value is -2.74. The van der Waals surface area contributed by atoms with Crippen molar-refractivity contribution in [1.29, 1.82) is 0 Å². The van der Waals surface area contributed by atoms with E-state index in [0.717, 1.165) is 37.5 Å². The summed E-state index contributed by atoms with van der Waals surface area (Å²) in [6, 6.07) is 2.93. The van der Waals surface area contributed by atoms with Crippen molar-refractivity contribution in [1.82, 2.24) is 5.32 Å². The molecule has 0 aliphatic carbocycles. The van der Waals surface area contributed by atoms with Gasteiger partial charge < -0.3 is 15.2 Å². The van der Waals surface area contributed by atoms with Crippen LogP contribution in [0, 0.1) is 0 Å². The molecule has 0 aromatic heterocycles. The first-order chi connectivity index (χ1) is 20.6. The van der Waals surface area contributed by atoms with Crippen LogP contribution in [0.3, 0.4) is 0 Å². The maximum Gasteiger partial charge on any atom is 0.460 e. The number of alkyl halides is 17. The number of hydrogen-bond donors (Lipinski definition) is 2. The predicted octanol–water partition coefficient (Wildman–Crippen LogP) is 9.18. The molecule has 46 heavy (non-hydrogen) atoms. The second kappa shape index (κ2) is 14.2. The molecule has 0 spiro atoms. The van der Waals surface area contributed by atoms with Crippen LogP contribution in [-0.2, 0) is 13.0 Å². The lowest BCUT2D eigenvalue weighted by Gasteiger charge is -2.42. The van der Waals surface area contributed by atoms with E-state index in [9.17, 15) is 84.5 Å². The van der Waals surface area contributed by atoms with Gasteiger partial charge in [-0.15, -0.1) is 0 Å². The summed E-state index contributed by atoms with van der Waals surface area (Å²) in [7, 11) is 0. The summed E-state index contributed by atoms with van der Waals surface area (Å²) in [6.07, 6.45) is -10.3. The highest BCUT2D eigenvalue weighted by Gasteiger charge is 2.95. The molecule has 1 aromatic carbocycles. The van der Waals surface area contributed by atoms with Gasteiger partial charge in [-0.05, 0) is 37.0 Å². The lowest BCUT2D eigenvalue weighted by atomic mass is 9.87. The normalized spacial score (nSPS) is 14.4. The zero-order chi connectivity index (χ0) is 36.2. The number of rotatable bonds is 17. The van der Waals surface area contributed by atoms with E-state index in [1.807, 2.05) is 6.92 Å². The molecule has 0 radical (unpaired) electrons. The van der Waals surface area contributed by atoms with Gasteiger partial charge in [0.1, 0.15) is 5.75 Å². The minimum Gasteiger partial charge on any atom is -0.410 e. The topological polar surface area (TPSA) is 58.6 Å². The molecule has 0 aliphatic rings. The summed E-state index contributed by atoms with van der Waals surface area (Å²) < 4.78 is 233. The molecule has 0 saturated carbocycles. The molecule has 1 rings (SSSR count). The van der Waals surface area contributed by atoms with Crippen LogP contribution >= 0.6 is 0 Å². The summed E-state index contributed by atoms with van der Waals surface area (Å²) >= 11 is 0. The molecule has 0 saturated heterocycles. The molecule has 21 heteroatoms. The first-order valence-electron chi connectivity index (χ1n) is 13.0. The van der Waals surface area contributed by atoms with Crippen LogP contribution in [-0.4, -0.2) is 65.4 Å². The minimum absolute atomic E-state index is 0.159. The lowest BCUT2D eigenvalue weighted by molar-refractivity contribution is -0.461. The number of nitrogens with one attached hydrogen (secondary N) is 1. The molecule has 1 amide bonds. The highest BCUT2D eigenvalue weighted by Crippen LogP contribution is 2.64. The average molecular weight is 711 g/mol. The number of aliphatic hydroxyl groups is 1. The number of carbonyl (C=O) groups excluding carboxylic acids is 1. The largest absolute Gasteiger partial charge is 0.460 e. The van der Waals surface area contributed by atoms with E-state index in [1.54, 1.807) is 0 Å². The van der Waals surface area contributed by atoms with Crippen molar-refractivity contribution in [3.63, 3.8) is 0 Å². The molecule has 0 heterocycles. The van der Waals surface area contributed by atoms with E-state index in [0.29, 0.717) is 6.42 Å². The van der Waals surface area contributed by atoms with E-state index >= 15 is 0 Å². The van der Waals surface area contributed by atoms with E-state index in [4.69, 9.17) is 4.74 Å². The average Bonchev–Trinajstić information content (AvgIpc) is 2.92. The Kier molecular flexibility index (Phi) is 12.7. The smallest absolute Gasteiger partial charge is 0.410 e.